The highest BCUT2D eigenvalue weighted by molar-refractivity contribution is 4.87. The molecular formula is C20H37N5O. The Morgan fingerprint density at radius 1 is 0.962 bits per heavy atom. The maximum absolute atomic E-state index is 8.60. The third-order valence-electron chi connectivity index (χ3n) is 6.77. The zero-order valence-electron chi connectivity index (χ0n) is 16.3. The van der Waals surface area contributed by atoms with E-state index >= 15 is 0 Å². The number of nitrogens with zero attached hydrogens (tertiary/aromatic N) is 1. The molecule has 6 heteroatoms. The first kappa shape index (κ1) is 20.0. The van der Waals surface area contributed by atoms with E-state index in [4.69, 9.17) is 10.00 Å². The van der Waals surface area contributed by atoms with Gasteiger partial charge in [-0.15, -0.1) is 0 Å². The highest BCUT2D eigenvalue weighted by atomic mass is 16.5. The Balaban J connectivity index is 1.29. The summed E-state index contributed by atoms with van der Waals surface area (Å²) in [4.78, 5) is 0. The van der Waals surface area contributed by atoms with Crippen LogP contribution in [0.4, 0.5) is 0 Å². The van der Waals surface area contributed by atoms with Gasteiger partial charge in [0.15, 0.2) is 0 Å². The second-order valence-corrected chi connectivity index (χ2v) is 8.46. The summed E-state index contributed by atoms with van der Waals surface area (Å²) < 4.78 is 5.50. The van der Waals surface area contributed by atoms with Gasteiger partial charge in [0.2, 0.25) is 0 Å². The fraction of sp³-hybridized carbons (Fsp3) is 0.950. The Morgan fingerprint density at radius 3 is 2.27 bits per heavy atom. The second-order valence-electron chi connectivity index (χ2n) is 8.46. The van der Waals surface area contributed by atoms with Crippen molar-refractivity contribution in [3.63, 3.8) is 0 Å². The van der Waals surface area contributed by atoms with Crippen molar-refractivity contribution in [3.8, 4) is 6.07 Å². The molecule has 0 spiro atoms. The number of ether oxygens (including phenoxy) is 1. The summed E-state index contributed by atoms with van der Waals surface area (Å²) in [6, 6.07) is 2.77. The fourth-order valence-corrected chi connectivity index (χ4v) is 5.03. The Bertz CT molecular complexity index is 430. The lowest BCUT2D eigenvalue weighted by molar-refractivity contribution is 0.0414. The van der Waals surface area contributed by atoms with Crippen LogP contribution < -0.4 is 21.3 Å². The standard InChI is InChI=1S/C20H37N5O/c1-26-19-8-4-16(5-9-19)17-13-23-20(24-14-17)25-18-6-2-15(3-7-18)12-22-11-10-21/h15-20,22-25H,2-9,11-14H2,1H3. The van der Waals surface area contributed by atoms with Gasteiger partial charge >= 0.3 is 0 Å². The van der Waals surface area contributed by atoms with Gasteiger partial charge in [-0.1, -0.05) is 0 Å². The Labute approximate surface area is 158 Å². The van der Waals surface area contributed by atoms with Crippen molar-refractivity contribution >= 4 is 0 Å². The summed E-state index contributed by atoms with van der Waals surface area (Å²) in [6.45, 7) is 3.72. The van der Waals surface area contributed by atoms with Gasteiger partial charge < -0.3 is 10.1 Å². The normalized spacial score (nSPS) is 38.6. The van der Waals surface area contributed by atoms with Crippen LogP contribution in [0.2, 0.25) is 0 Å². The van der Waals surface area contributed by atoms with E-state index in [1.807, 2.05) is 7.11 Å². The van der Waals surface area contributed by atoms with Gasteiger partial charge in [0.1, 0.15) is 6.29 Å². The van der Waals surface area contributed by atoms with Crippen molar-refractivity contribution in [1.82, 2.24) is 21.3 Å². The number of hydrogen-bond acceptors (Lipinski definition) is 6. The molecule has 0 radical (unpaired) electrons. The van der Waals surface area contributed by atoms with E-state index in [0.29, 0.717) is 18.7 Å². The first-order chi connectivity index (χ1) is 12.8. The molecule has 2 aliphatic carbocycles. The molecule has 1 saturated heterocycles. The predicted molar refractivity (Wildman–Crippen MR) is 103 cm³/mol. The Morgan fingerprint density at radius 2 is 1.65 bits per heavy atom. The van der Waals surface area contributed by atoms with Gasteiger partial charge in [-0.25, -0.2) is 0 Å². The molecule has 4 N–H and O–H groups in total. The summed E-state index contributed by atoms with van der Waals surface area (Å²) in [5.74, 6) is 2.34. The third-order valence-corrected chi connectivity index (χ3v) is 6.77. The summed E-state index contributed by atoms with van der Waals surface area (Å²) in [5, 5.41) is 23.0. The average molecular weight is 364 g/mol. The highest BCUT2D eigenvalue weighted by Gasteiger charge is 2.31. The van der Waals surface area contributed by atoms with E-state index in [0.717, 1.165) is 37.4 Å². The molecule has 26 heavy (non-hydrogen) atoms. The number of hydrogen-bond donors (Lipinski definition) is 4. The first-order valence-electron chi connectivity index (χ1n) is 10.6. The molecule has 0 aromatic rings. The van der Waals surface area contributed by atoms with Gasteiger partial charge in [-0.3, -0.25) is 16.0 Å². The monoisotopic (exact) mass is 363 g/mol. The van der Waals surface area contributed by atoms with E-state index in [9.17, 15) is 0 Å². The molecule has 1 aliphatic heterocycles. The molecule has 0 amide bonds. The Kier molecular flexibility index (Phi) is 8.15. The number of rotatable bonds is 7. The van der Waals surface area contributed by atoms with E-state index in [1.54, 1.807) is 0 Å². The molecule has 3 rings (SSSR count). The molecule has 6 nitrogen and oxygen atoms in total. The van der Waals surface area contributed by atoms with Crippen LogP contribution >= 0.6 is 0 Å². The lowest BCUT2D eigenvalue weighted by atomic mass is 9.78. The van der Waals surface area contributed by atoms with E-state index in [2.05, 4.69) is 27.3 Å². The quantitative estimate of drug-likeness (QED) is 0.406. The average Bonchev–Trinajstić information content (AvgIpc) is 2.70. The minimum atomic E-state index is 0.264. The molecule has 3 fully saturated rings. The number of nitrogens with one attached hydrogen (secondary N) is 4. The minimum Gasteiger partial charge on any atom is -0.381 e. The van der Waals surface area contributed by atoms with Crippen LogP contribution in [0.5, 0.6) is 0 Å². The van der Waals surface area contributed by atoms with Crippen molar-refractivity contribution in [2.75, 3.05) is 33.3 Å². The lowest BCUT2D eigenvalue weighted by Gasteiger charge is -2.40. The Hall–Kier alpha value is -0.710. The van der Waals surface area contributed by atoms with Crippen LogP contribution in [0, 0.1) is 29.1 Å². The molecule has 0 aromatic heterocycles. The molecular weight excluding hydrogens is 326 g/mol. The molecule has 0 aromatic carbocycles. The molecule has 0 atom stereocenters. The number of nitriles is 1. The SMILES string of the molecule is COC1CCC(C2CNC(NC3CCC(CNCC#N)CC3)NC2)CC1. The van der Waals surface area contributed by atoms with Gasteiger partial charge in [-0.2, -0.15) is 5.26 Å². The number of methoxy groups -OCH3 is 1. The smallest absolute Gasteiger partial charge is 0.112 e. The summed E-state index contributed by atoms with van der Waals surface area (Å²) in [5.41, 5.74) is 0. The van der Waals surface area contributed by atoms with Crippen molar-refractivity contribution in [2.24, 2.45) is 17.8 Å². The third kappa shape index (κ3) is 5.90. The van der Waals surface area contributed by atoms with Crippen molar-refractivity contribution < 1.29 is 4.74 Å². The zero-order valence-corrected chi connectivity index (χ0v) is 16.3. The van der Waals surface area contributed by atoms with E-state index in [1.165, 1.54) is 51.4 Å². The van der Waals surface area contributed by atoms with Crippen molar-refractivity contribution in [2.45, 2.75) is 69.8 Å². The molecule has 148 valence electrons. The van der Waals surface area contributed by atoms with Crippen LogP contribution in [-0.2, 0) is 4.74 Å². The van der Waals surface area contributed by atoms with E-state index < -0.39 is 0 Å². The zero-order chi connectivity index (χ0) is 18.2. The van der Waals surface area contributed by atoms with Crippen molar-refractivity contribution in [3.05, 3.63) is 0 Å². The largest absolute Gasteiger partial charge is 0.381 e. The molecule has 3 aliphatic rings. The topological polar surface area (TPSA) is 81.1 Å². The minimum absolute atomic E-state index is 0.264. The summed E-state index contributed by atoms with van der Waals surface area (Å²) in [6.07, 6.45) is 10.8. The van der Waals surface area contributed by atoms with E-state index in [-0.39, 0.29) is 6.29 Å². The molecule has 0 unspecified atom stereocenters. The molecule has 0 bridgehead atoms. The first-order valence-corrected chi connectivity index (χ1v) is 10.6. The van der Waals surface area contributed by atoms with Gasteiger partial charge in [0, 0.05) is 26.2 Å². The lowest BCUT2D eigenvalue weighted by Crippen LogP contribution is -2.63. The maximum atomic E-state index is 8.60. The van der Waals surface area contributed by atoms with Gasteiger partial charge in [-0.05, 0) is 75.7 Å². The van der Waals surface area contributed by atoms with Crippen LogP contribution in [0.15, 0.2) is 0 Å². The fourth-order valence-electron chi connectivity index (χ4n) is 5.03. The highest BCUT2D eigenvalue weighted by Crippen LogP contribution is 2.32. The summed E-state index contributed by atoms with van der Waals surface area (Å²) in [7, 11) is 1.85. The van der Waals surface area contributed by atoms with Crippen LogP contribution in [0.3, 0.4) is 0 Å². The maximum Gasteiger partial charge on any atom is 0.112 e. The van der Waals surface area contributed by atoms with Crippen LogP contribution in [-0.4, -0.2) is 51.7 Å². The predicted octanol–water partition coefficient (Wildman–Crippen LogP) is 1.55. The van der Waals surface area contributed by atoms with Crippen LogP contribution in [0.25, 0.3) is 0 Å². The van der Waals surface area contributed by atoms with Crippen molar-refractivity contribution in [1.29, 1.82) is 5.26 Å². The van der Waals surface area contributed by atoms with Gasteiger partial charge in [0.25, 0.3) is 0 Å². The molecule has 2 saturated carbocycles. The van der Waals surface area contributed by atoms with Gasteiger partial charge in [0.05, 0.1) is 18.7 Å². The molecule has 1 heterocycles. The summed E-state index contributed by atoms with van der Waals surface area (Å²) >= 11 is 0. The second kappa shape index (κ2) is 10.6. The van der Waals surface area contributed by atoms with Crippen LogP contribution in [0.1, 0.15) is 51.4 Å².